The number of benzene rings is 1. The Morgan fingerprint density at radius 1 is 1.28 bits per heavy atom. The third-order valence-electron chi connectivity index (χ3n) is 2.63. The van der Waals surface area contributed by atoms with Gasteiger partial charge in [0, 0.05) is 17.2 Å². The van der Waals surface area contributed by atoms with E-state index in [1.54, 1.807) is 12.1 Å². The van der Waals surface area contributed by atoms with E-state index in [1.165, 1.54) is 13.2 Å². The fraction of sp³-hybridized carbons (Fsp3) is 0.143. The van der Waals surface area contributed by atoms with Gasteiger partial charge in [0.05, 0.1) is 24.9 Å². The standard InChI is InChI=1S/C14H11FN2O/c1-9-3-4-11(10(5-9)7-16)12-6-14(18-2)17-8-13(12)15/h3-6,8H,1-2H3. The van der Waals surface area contributed by atoms with Crippen LogP contribution < -0.4 is 4.74 Å². The van der Waals surface area contributed by atoms with Crippen LogP contribution in [0.2, 0.25) is 0 Å². The second kappa shape index (κ2) is 4.84. The topological polar surface area (TPSA) is 45.9 Å². The minimum atomic E-state index is -0.476. The minimum Gasteiger partial charge on any atom is -0.481 e. The first-order valence-corrected chi connectivity index (χ1v) is 5.36. The first-order valence-electron chi connectivity index (χ1n) is 5.36. The fourth-order valence-corrected chi connectivity index (χ4v) is 1.72. The van der Waals surface area contributed by atoms with E-state index in [-0.39, 0.29) is 0 Å². The summed E-state index contributed by atoms with van der Waals surface area (Å²) in [5.41, 5.74) is 2.25. The molecule has 0 atom stereocenters. The van der Waals surface area contributed by atoms with Crippen LogP contribution in [0.25, 0.3) is 11.1 Å². The molecule has 3 nitrogen and oxygen atoms in total. The minimum absolute atomic E-state index is 0.316. The lowest BCUT2D eigenvalue weighted by Gasteiger charge is -2.08. The maximum Gasteiger partial charge on any atom is 0.213 e. The van der Waals surface area contributed by atoms with E-state index in [0.717, 1.165) is 11.8 Å². The number of nitrogens with zero attached hydrogens (tertiary/aromatic N) is 2. The SMILES string of the molecule is COc1cc(-c2ccc(C)cc2C#N)c(F)cn1. The smallest absolute Gasteiger partial charge is 0.213 e. The molecule has 0 aliphatic carbocycles. The van der Waals surface area contributed by atoms with Crippen molar-refractivity contribution in [2.75, 3.05) is 7.11 Å². The second-order valence-electron chi connectivity index (χ2n) is 3.87. The van der Waals surface area contributed by atoms with Crippen molar-refractivity contribution in [1.82, 2.24) is 4.98 Å². The lowest BCUT2D eigenvalue weighted by molar-refractivity contribution is 0.396. The first-order chi connectivity index (χ1) is 8.65. The van der Waals surface area contributed by atoms with E-state index in [1.807, 2.05) is 13.0 Å². The molecule has 0 spiro atoms. The molecule has 0 aliphatic heterocycles. The van der Waals surface area contributed by atoms with Gasteiger partial charge in [-0.05, 0) is 18.6 Å². The molecule has 0 bridgehead atoms. The monoisotopic (exact) mass is 242 g/mol. The summed E-state index contributed by atoms with van der Waals surface area (Å²) in [4.78, 5) is 3.78. The molecule has 1 aromatic heterocycles. The Labute approximate surface area is 104 Å². The number of rotatable bonds is 2. The lowest BCUT2D eigenvalue weighted by Crippen LogP contribution is -1.94. The van der Waals surface area contributed by atoms with Gasteiger partial charge in [-0.2, -0.15) is 5.26 Å². The van der Waals surface area contributed by atoms with Gasteiger partial charge in [-0.3, -0.25) is 0 Å². The molecule has 1 heterocycles. The van der Waals surface area contributed by atoms with Gasteiger partial charge >= 0.3 is 0 Å². The van der Waals surface area contributed by atoms with Crippen molar-refractivity contribution < 1.29 is 9.13 Å². The van der Waals surface area contributed by atoms with Gasteiger partial charge < -0.3 is 4.74 Å². The molecular weight excluding hydrogens is 231 g/mol. The van der Waals surface area contributed by atoms with Crippen LogP contribution in [-0.2, 0) is 0 Å². The molecule has 0 unspecified atom stereocenters. The van der Waals surface area contributed by atoms with E-state index in [9.17, 15) is 4.39 Å². The van der Waals surface area contributed by atoms with E-state index < -0.39 is 5.82 Å². The molecule has 0 aliphatic rings. The van der Waals surface area contributed by atoms with Gasteiger partial charge in [0.25, 0.3) is 0 Å². The van der Waals surface area contributed by atoms with Crippen molar-refractivity contribution in [2.45, 2.75) is 6.92 Å². The average Bonchev–Trinajstić information content (AvgIpc) is 2.39. The van der Waals surface area contributed by atoms with Gasteiger partial charge in [-0.1, -0.05) is 12.1 Å². The Morgan fingerprint density at radius 3 is 2.72 bits per heavy atom. The summed E-state index contributed by atoms with van der Waals surface area (Å²) in [5, 5.41) is 9.10. The van der Waals surface area contributed by atoms with Crippen LogP contribution >= 0.6 is 0 Å². The summed E-state index contributed by atoms with van der Waals surface area (Å²) in [6, 6.07) is 8.85. The van der Waals surface area contributed by atoms with E-state index in [2.05, 4.69) is 11.1 Å². The lowest BCUT2D eigenvalue weighted by atomic mass is 9.99. The molecule has 0 saturated carbocycles. The van der Waals surface area contributed by atoms with Gasteiger partial charge in [-0.25, -0.2) is 9.37 Å². The number of aryl methyl sites for hydroxylation is 1. The zero-order valence-corrected chi connectivity index (χ0v) is 10.1. The Balaban J connectivity index is 2.65. The van der Waals surface area contributed by atoms with Gasteiger partial charge in [0.15, 0.2) is 0 Å². The summed E-state index contributed by atoms with van der Waals surface area (Å²) in [6.45, 7) is 1.88. The van der Waals surface area contributed by atoms with Crippen molar-refractivity contribution in [3.05, 3.63) is 47.4 Å². The van der Waals surface area contributed by atoms with Crippen LogP contribution in [0.3, 0.4) is 0 Å². The summed E-state index contributed by atoms with van der Waals surface area (Å²) in [7, 11) is 1.46. The Hall–Kier alpha value is -2.41. The van der Waals surface area contributed by atoms with Crippen LogP contribution in [0, 0.1) is 24.1 Å². The normalized spacial score (nSPS) is 9.89. The average molecular weight is 242 g/mol. The van der Waals surface area contributed by atoms with E-state index in [4.69, 9.17) is 10.00 Å². The molecule has 18 heavy (non-hydrogen) atoms. The predicted octanol–water partition coefficient (Wildman–Crippen LogP) is 3.08. The van der Waals surface area contributed by atoms with Crippen LogP contribution in [0.15, 0.2) is 30.5 Å². The van der Waals surface area contributed by atoms with Crippen molar-refractivity contribution in [2.24, 2.45) is 0 Å². The zero-order chi connectivity index (χ0) is 13.1. The molecular formula is C14H11FN2O. The zero-order valence-electron chi connectivity index (χ0n) is 10.1. The highest BCUT2D eigenvalue weighted by molar-refractivity contribution is 5.71. The Kier molecular flexibility index (Phi) is 3.24. The summed E-state index contributed by atoms with van der Waals surface area (Å²) in [5.74, 6) is -0.160. The van der Waals surface area contributed by atoms with E-state index >= 15 is 0 Å². The van der Waals surface area contributed by atoms with Crippen LogP contribution in [0.4, 0.5) is 4.39 Å². The van der Waals surface area contributed by atoms with Crippen LogP contribution in [0.1, 0.15) is 11.1 Å². The summed E-state index contributed by atoms with van der Waals surface area (Å²) in [6.07, 6.45) is 1.09. The molecule has 0 saturated heterocycles. The first kappa shape index (κ1) is 12.1. The van der Waals surface area contributed by atoms with Gasteiger partial charge in [0.2, 0.25) is 5.88 Å². The summed E-state index contributed by atoms with van der Waals surface area (Å²) >= 11 is 0. The largest absolute Gasteiger partial charge is 0.481 e. The van der Waals surface area contributed by atoms with E-state index in [0.29, 0.717) is 22.6 Å². The maximum absolute atomic E-state index is 13.8. The van der Waals surface area contributed by atoms with Crippen LogP contribution in [-0.4, -0.2) is 12.1 Å². The molecule has 0 fully saturated rings. The Morgan fingerprint density at radius 2 is 2.06 bits per heavy atom. The molecule has 0 radical (unpaired) electrons. The van der Waals surface area contributed by atoms with Crippen molar-refractivity contribution >= 4 is 0 Å². The predicted molar refractivity (Wildman–Crippen MR) is 65.6 cm³/mol. The third-order valence-corrected chi connectivity index (χ3v) is 2.63. The number of hydrogen-bond donors (Lipinski definition) is 0. The number of nitriles is 1. The summed E-state index contributed by atoms with van der Waals surface area (Å²) < 4.78 is 18.7. The molecule has 4 heteroatoms. The number of methoxy groups -OCH3 is 1. The number of aromatic nitrogens is 1. The number of hydrogen-bond acceptors (Lipinski definition) is 3. The van der Waals surface area contributed by atoms with Crippen LogP contribution in [0.5, 0.6) is 5.88 Å². The quantitative estimate of drug-likeness (QED) is 0.813. The van der Waals surface area contributed by atoms with Crippen molar-refractivity contribution in [3.8, 4) is 23.1 Å². The molecule has 2 aromatic rings. The highest BCUT2D eigenvalue weighted by Crippen LogP contribution is 2.28. The number of halogens is 1. The Bertz CT molecular complexity index is 632. The number of ether oxygens (including phenoxy) is 1. The molecule has 0 N–H and O–H groups in total. The molecule has 1 aromatic carbocycles. The van der Waals surface area contributed by atoms with Gasteiger partial charge in [0.1, 0.15) is 5.82 Å². The fourth-order valence-electron chi connectivity index (χ4n) is 1.72. The maximum atomic E-state index is 13.8. The molecule has 90 valence electrons. The number of pyridine rings is 1. The molecule has 2 rings (SSSR count). The van der Waals surface area contributed by atoms with Crippen molar-refractivity contribution in [1.29, 1.82) is 5.26 Å². The second-order valence-corrected chi connectivity index (χ2v) is 3.87. The highest BCUT2D eigenvalue weighted by Gasteiger charge is 2.12. The highest BCUT2D eigenvalue weighted by atomic mass is 19.1. The molecule has 0 amide bonds. The van der Waals surface area contributed by atoms with Crippen molar-refractivity contribution in [3.63, 3.8) is 0 Å². The van der Waals surface area contributed by atoms with Gasteiger partial charge in [-0.15, -0.1) is 0 Å². The third kappa shape index (κ3) is 2.16.